The van der Waals surface area contributed by atoms with Crippen LogP contribution in [-0.2, 0) is 54.4 Å². The molecule has 1 aromatic carbocycles. The number of nitrogens with one attached hydrogen (secondary N) is 7. The molecule has 1 aromatic rings. The summed E-state index contributed by atoms with van der Waals surface area (Å²) in [6, 6.07) is -6.51. The molecule has 1 fully saturated rings. The zero-order valence-corrected chi connectivity index (χ0v) is 41.0. The van der Waals surface area contributed by atoms with Gasteiger partial charge in [-0.05, 0) is 81.5 Å². The molecule has 0 unspecified atom stereocenters. The number of hydrogen-bond acceptors (Lipinski definition) is 15. The molecule has 0 aliphatic carbocycles. The van der Waals surface area contributed by atoms with E-state index in [2.05, 4.69) is 37.2 Å². The number of aliphatic hydroxyl groups excluding tert-OH is 2. The van der Waals surface area contributed by atoms with Gasteiger partial charge in [-0.3, -0.25) is 43.2 Å². The van der Waals surface area contributed by atoms with Crippen LogP contribution in [0.15, 0.2) is 24.3 Å². The first-order chi connectivity index (χ1) is 33.5. The van der Waals surface area contributed by atoms with Crippen LogP contribution in [0.1, 0.15) is 98.0 Å². The van der Waals surface area contributed by atoms with Gasteiger partial charge in [0.2, 0.25) is 47.3 Å². The fourth-order valence-corrected chi connectivity index (χ4v) is 7.50. The fraction of sp³-hybridized carbons (Fsp3) is 0.652. The first-order valence-electron chi connectivity index (χ1n) is 23.9. The Labute approximate surface area is 412 Å². The van der Waals surface area contributed by atoms with Gasteiger partial charge in [0.05, 0.1) is 13.2 Å². The van der Waals surface area contributed by atoms with Crippen LogP contribution in [0.2, 0.25) is 0 Å². The number of aliphatic carboxylic acids is 2. The lowest BCUT2D eigenvalue weighted by atomic mass is 9.96. The van der Waals surface area contributed by atoms with Crippen molar-refractivity contribution in [3.8, 4) is 5.75 Å². The molecule has 8 amide bonds. The third kappa shape index (κ3) is 19.4. The van der Waals surface area contributed by atoms with Crippen LogP contribution in [0, 0.1) is 11.8 Å². The maximum absolute atomic E-state index is 14.3. The number of phenolic OH excluding ortho intramolecular Hbond substituents is 1. The summed E-state index contributed by atoms with van der Waals surface area (Å²) in [5.74, 6) is -10.6. The summed E-state index contributed by atoms with van der Waals surface area (Å²) in [6.45, 7) is 6.69. The molecular weight excluding hydrogens is 933 g/mol. The van der Waals surface area contributed by atoms with Gasteiger partial charge in [0.15, 0.2) is 0 Å². The van der Waals surface area contributed by atoms with E-state index in [1.54, 1.807) is 27.7 Å². The number of phenols is 1. The van der Waals surface area contributed by atoms with Gasteiger partial charge in [-0.25, -0.2) is 4.79 Å². The molecule has 1 heterocycles. The summed E-state index contributed by atoms with van der Waals surface area (Å²) in [5.41, 5.74) is 11.8. The summed E-state index contributed by atoms with van der Waals surface area (Å²) < 4.78 is 0. The molecule has 398 valence electrons. The molecule has 0 saturated carbocycles. The maximum atomic E-state index is 14.3. The van der Waals surface area contributed by atoms with Gasteiger partial charge < -0.3 is 79.1 Å². The van der Waals surface area contributed by atoms with Crippen molar-refractivity contribution in [3.05, 3.63) is 29.8 Å². The lowest BCUT2D eigenvalue weighted by molar-refractivity contribution is -0.144. The standard InChI is InChI=1S/C46H74N10O15/c1-6-24(3)36(54-42(66)32(52-39(63)29(48)22-57)21-27-13-15-28(59)16-14-27)45(69)56-20-10-12-34(56)44(68)53-33(23-58)43(67)49-26(5)38(62)50-31(17-18-35(60)61)40(64)51-30(11-8-9-19-47)41(65)55-37(46(70)71)25(4)7-2/h13-16,24-26,29-34,36-37,57-59H,6-12,17-23,47-48H2,1-5H3,(H,49,67)(H,50,62)(H,51,64)(H,52,63)(H,53,68)(H,54,66)(H,55,65)(H,60,61)(H,70,71)/t24-,25-,26-,29-,30-,31-,32-,33-,34-,36-,37-/m0/s1. The number of unbranched alkanes of at least 4 members (excludes halogenated alkanes) is 1. The summed E-state index contributed by atoms with van der Waals surface area (Å²) in [5, 5.41) is 65.7. The van der Waals surface area contributed by atoms with Gasteiger partial charge >= 0.3 is 11.9 Å². The zero-order valence-electron chi connectivity index (χ0n) is 41.0. The van der Waals surface area contributed by atoms with Crippen molar-refractivity contribution in [2.75, 3.05) is 26.3 Å². The Morgan fingerprint density at radius 1 is 0.662 bits per heavy atom. The highest BCUT2D eigenvalue weighted by Crippen LogP contribution is 2.22. The molecule has 1 aliphatic rings. The van der Waals surface area contributed by atoms with Crippen LogP contribution >= 0.6 is 0 Å². The van der Waals surface area contributed by atoms with Crippen LogP contribution < -0.4 is 48.7 Å². The van der Waals surface area contributed by atoms with Crippen molar-refractivity contribution in [3.63, 3.8) is 0 Å². The van der Waals surface area contributed by atoms with E-state index in [1.165, 1.54) is 36.1 Å². The van der Waals surface area contributed by atoms with Crippen LogP contribution in [0.5, 0.6) is 5.75 Å². The van der Waals surface area contributed by atoms with Crippen molar-refractivity contribution in [1.29, 1.82) is 0 Å². The topological polar surface area (TPSA) is 411 Å². The molecule has 16 N–H and O–H groups in total. The summed E-state index contributed by atoms with van der Waals surface area (Å²) in [7, 11) is 0. The van der Waals surface area contributed by atoms with E-state index < -0.39 is 151 Å². The largest absolute Gasteiger partial charge is 0.508 e. The van der Waals surface area contributed by atoms with Crippen molar-refractivity contribution in [2.45, 2.75) is 153 Å². The molecule has 0 radical (unpaired) electrons. The molecule has 25 heteroatoms. The Bertz CT molecular complexity index is 1990. The number of likely N-dealkylation sites (tertiary alicyclic amines) is 1. The maximum Gasteiger partial charge on any atom is 0.326 e. The van der Waals surface area contributed by atoms with Gasteiger partial charge in [0, 0.05) is 19.4 Å². The summed E-state index contributed by atoms with van der Waals surface area (Å²) in [6.07, 6.45) is 0.922. The van der Waals surface area contributed by atoms with Gasteiger partial charge in [-0.1, -0.05) is 52.7 Å². The third-order valence-electron chi connectivity index (χ3n) is 12.4. The molecule has 1 aliphatic heterocycles. The molecule has 71 heavy (non-hydrogen) atoms. The number of aliphatic hydroxyl groups is 2. The minimum absolute atomic E-state index is 0.0245. The predicted molar refractivity (Wildman–Crippen MR) is 254 cm³/mol. The Kier molecular flexibility index (Phi) is 25.9. The monoisotopic (exact) mass is 1010 g/mol. The second kappa shape index (κ2) is 30.3. The molecular formula is C46H74N10O15. The average molecular weight is 1010 g/mol. The number of carboxylic acids is 2. The molecule has 0 spiro atoms. The first kappa shape index (κ1) is 60.7. The Balaban J connectivity index is 2.23. The summed E-state index contributed by atoms with van der Waals surface area (Å²) in [4.78, 5) is 133. The third-order valence-corrected chi connectivity index (χ3v) is 12.4. The number of nitrogens with zero attached hydrogens (tertiary/aromatic N) is 1. The number of carbonyl (C=O) groups is 10. The second-order valence-corrected chi connectivity index (χ2v) is 17.8. The van der Waals surface area contributed by atoms with E-state index >= 15 is 0 Å². The predicted octanol–water partition coefficient (Wildman–Crippen LogP) is -3.18. The van der Waals surface area contributed by atoms with Gasteiger partial charge in [-0.2, -0.15) is 0 Å². The number of aromatic hydroxyl groups is 1. The van der Waals surface area contributed by atoms with Crippen LogP contribution in [-0.4, -0.2) is 170 Å². The lowest BCUT2D eigenvalue weighted by Crippen LogP contribution is -2.61. The highest BCUT2D eigenvalue weighted by atomic mass is 16.4. The van der Waals surface area contributed by atoms with Crippen LogP contribution in [0.3, 0.4) is 0 Å². The highest BCUT2D eigenvalue weighted by molar-refractivity contribution is 5.98. The minimum Gasteiger partial charge on any atom is -0.508 e. The number of amides is 8. The normalized spacial score (nSPS) is 17.5. The summed E-state index contributed by atoms with van der Waals surface area (Å²) >= 11 is 0. The first-order valence-corrected chi connectivity index (χ1v) is 23.9. The van der Waals surface area contributed by atoms with Crippen molar-refractivity contribution < 1.29 is 73.5 Å². The second-order valence-electron chi connectivity index (χ2n) is 17.8. The quantitative estimate of drug-likeness (QED) is 0.0326. The minimum atomic E-state index is -1.67. The molecule has 1 saturated heterocycles. The van der Waals surface area contributed by atoms with Gasteiger partial charge in [0.1, 0.15) is 60.1 Å². The molecule has 0 aromatic heterocycles. The number of nitrogens with two attached hydrogens (primary N) is 2. The highest BCUT2D eigenvalue weighted by Gasteiger charge is 2.41. The van der Waals surface area contributed by atoms with Gasteiger partial charge in [0.25, 0.3) is 0 Å². The van der Waals surface area contributed by atoms with E-state index in [1.807, 2.05) is 0 Å². The van der Waals surface area contributed by atoms with E-state index in [0.717, 1.165) is 0 Å². The van der Waals surface area contributed by atoms with E-state index in [0.29, 0.717) is 37.7 Å². The fourth-order valence-electron chi connectivity index (χ4n) is 7.50. The number of carboxylic acid groups (broad SMARTS) is 2. The van der Waals surface area contributed by atoms with Crippen LogP contribution in [0.25, 0.3) is 0 Å². The zero-order chi connectivity index (χ0) is 53.5. The Morgan fingerprint density at radius 3 is 1.76 bits per heavy atom. The Morgan fingerprint density at radius 2 is 1.20 bits per heavy atom. The van der Waals surface area contributed by atoms with Crippen molar-refractivity contribution in [1.82, 2.24) is 42.1 Å². The SMILES string of the molecule is CC[C@H](C)[C@H](NC(=O)[C@H](CCCCN)NC(=O)[C@H](CCC(=O)O)NC(=O)[C@H](C)NC(=O)[C@H](CO)NC(=O)[C@@H]1CCCN1C(=O)[C@@H](NC(=O)[C@H](Cc1ccc(O)cc1)NC(=O)[C@@H](N)CO)[C@@H](C)CC)C(=O)O. The Hall–Kier alpha value is -6.44. The molecule has 11 atom stereocenters. The number of carbonyl (C=O) groups excluding carboxylic acids is 8. The van der Waals surface area contributed by atoms with E-state index in [4.69, 9.17) is 11.5 Å². The number of hydrogen-bond donors (Lipinski definition) is 14. The molecule has 2 rings (SSSR count). The smallest absolute Gasteiger partial charge is 0.326 e. The van der Waals surface area contributed by atoms with Crippen LogP contribution in [0.4, 0.5) is 0 Å². The average Bonchev–Trinajstić information content (AvgIpc) is 3.84. The van der Waals surface area contributed by atoms with E-state index in [-0.39, 0.29) is 38.1 Å². The van der Waals surface area contributed by atoms with E-state index in [9.17, 15) is 73.5 Å². The molecule has 25 nitrogen and oxygen atoms in total. The van der Waals surface area contributed by atoms with Crippen molar-refractivity contribution in [2.24, 2.45) is 23.3 Å². The number of benzene rings is 1. The van der Waals surface area contributed by atoms with Gasteiger partial charge in [-0.15, -0.1) is 0 Å². The lowest BCUT2D eigenvalue weighted by Gasteiger charge is -2.33. The number of rotatable bonds is 31. The molecule has 0 bridgehead atoms. The van der Waals surface area contributed by atoms with Crippen molar-refractivity contribution >= 4 is 59.2 Å².